The number of carbonyl (C=O) groups excluding carboxylic acids is 1. The summed E-state index contributed by atoms with van der Waals surface area (Å²) in [5, 5.41) is 0.414. The van der Waals surface area contributed by atoms with Crippen LogP contribution in [0.3, 0.4) is 0 Å². The number of hydrogen-bond donors (Lipinski definition) is 0. The van der Waals surface area contributed by atoms with E-state index in [1.54, 1.807) is 17.0 Å². The van der Waals surface area contributed by atoms with Crippen molar-refractivity contribution in [1.82, 2.24) is 4.90 Å². The van der Waals surface area contributed by atoms with Crippen LogP contribution < -0.4 is 4.90 Å². The molecule has 1 aromatic rings. The third kappa shape index (κ3) is 3.61. The predicted molar refractivity (Wildman–Crippen MR) is 93.1 cm³/mol. The molecule has 6 heteroatoms. The first-order valence-electron chi connectivity index (χ1n) is 8.35. The van der Waals surface area contributed by atoms with Gasteiger partial charge in [-0.2, -0.15) is 0 Å². The molecule has 24 heavy (non-hydrogen) atoms. The lowest BCUT2D eigenvalue weighted by molar-refractivity contribution is -0.0434. The van der Waals surface area contributed by atoms with Crippen molar-refractivity contribution >= 4 is 23.4 Å². The monoisotopic (exact) mass is 354 g/mol. The maximum absolute atomic E-state index is 14.1. The van der Waals surface area contributed by atoms with Crippen molar-refractivity contribution in [3.05, 3.63) is 29.0 Å². The first-order valence-corrected chi connectivity index (χ1v) is 8.73. The molecule has 132 valence electrons. The van der Waals surface area contributed by atoms with E-state index < -0.39 is 5.60 Å². The van der Waals surface area contributed by atoms with E-state index in [-0.39, 0.29) is 17.3 Å². The van der Waals surface area contributed by atoms with Crippen LogP contribution in [0.15, 0.2) is 18.2 Å². The van der Waals surface area contributed by atoms with Gasteiger partial charge in [0.05, 0.1) is 5.69 Å². The molecule has 0 aliphatic carbocycles. The van der Waals surface area contributed by atoms with Gasteiger partial charge >= 0.3 is 6.09 Å². The zero-order valence-electron chi connectivity index (χ0n) is 14.4. The van der Waals surface area contributed by atoms with Crippen LogP contribution in [0.25, 0.3) is 0 Å². The topological polar surface area (TPSA) is 32.8 Å². The van der Waals surface area contributed by atoms with Gasteiger partial charge in [-0.25, -0.2) is 9.18 Å². The number of anilines is 1. The summed E-state index contributed by atoms with van der Waals surface area (Å²) >= 11 is 5.82. The SMILES string of the molecule is CC(C)(C)OC(=O)N1CC2(CCN(c3ccc(Cl)cc3F)CC2)C1. The van der Waals surface area contributed by atoms with Crippen LogP contribution in [0.2, 0.25) is 5.02 Å². The van der Waals surface area contributed by atoms with Gasteiger partial charge in [-0.1, -0.05) is 11.6 Å². The molecule has 1 spiro atoms. The van der Waals surface area contributed by atoms with Crippen molar-refractivity contribution in [2.75, 3.05) is 31.1 Å². The molecule has 3 rings (SSSR count). The van der Waals surface area contributed by atoms with E-state index >= 15 is 0 Å². The maximum atomic E-state index is 14.1. The molecular weight excluding hydrogens is 331 g/mol. The first-order chi connectivity index (χ1) is 11.2. The zero-order chi connectivity index (χ0) is 17.5. The van der Waals surface area contributed by atoms with E-state index in [0.717, 1.165) is 39.0 Å². The third-order valence-electron chi connectivity index (χ3n) is 4.78. The largest absolute Gasteiger partial charge is 0.444 e. The van der Waals surface area contributed by atoms with Gasteiger partial charge in [-0.3, -0.25) is 0 Å². The molecule has 2 aliphatic heterocycles. The Labute approximate surface area is 147 Å². The number of rotatable bonds is 1. The minimum Gasteiger partial charge on any atom is -0.444 e. The van der Waals surface area contributed by atoms with Crippen LogP contribution >= 0.6 is 11.6 Å². The average Bonchev–Trinajstić information content (AvgIpc) is 2.43. The predicted octanol–water partition coefficient (Wildman–Crippen LogP) is 4.32. The van der Waals surface area contributed by atoms with Crippen LogP contribution in [0, 0.1) is 11.2 Å². The fourth-order valence-electron chi connectivity index (χ4n) is 3.49. The summed E-state index contributed by atoms with van der Waals surface area (Å²) in [4.78, 5) is 15.9. The number of piperidine rings is 1. The van der Waals surface area contributed by atoms with Crippen molar-refractivity contribution in [3.8, 4) is 0 Å². The lowest BCUT2D eigenvalue weighted by atomic mass is 9.72. The highest BCUT2D eigenvalue weighted by Crippen LogP contribution is 2.42. The molecule has 2 saturated heterocycles. The third-order valence-corrected chi connectivity index (χ3v) is 5.01. The molecule has 0 unspecified atom stereocenters. The summed E-state index contributed by atoms with van der Waals surface area (Å²) in [5.41, 5.74) is 0.309. The van der Waals surface area contributed by atoms with E-state index in [4.69, 9.17) is 16.3 Å². The van der Waals surface area contributed by atoms with Crippen LogP contribution in [0.5, 0.6) is 0 Å². The van der Waals surface area contributed by atoms with Gasteiger partial charge in [-0.05, 0) is 51.8 Å². The second-order valence-electron chi connectivity index (χ2n) is 7.92. The summed E-state index contributed by atoms with van der Waals surface area (Å²) in [7, 11) is 0. The highest BCUT2D eigenvalue weighted by Gasteiger charge is 2.47. The molecule has 2 fully saturated rings. The Morgan fingerprint density at radius 2 is 1.88 bits per heavy atom. The number of carbonyl (C=O) groups is 1. The molecule has 0 aromatic heterocycles. The zero-order valence-corrected chi connectivity index (χ0v) is 15.2. The Bertz CT molecular complexity index is 628. The number of likely N-dealkylation sites (tertiary alicyclic amines) is 1. The van der Waals surface area contributed by atoms with Gasteiger partial charge in [0.15, 0.2) is 0 Å². The van der Waals surface area contributed by atoms with Crippen LogP contribution in [0.1, 0.15) is 33.6 Å². The molecule has 2 heterocycles. The lowest BCUT2D eigenvalue weighted by Gasteiger charge is -2.54. The molecule has 1 amide bonds. The van der Waals surface area contributed by atoms with E-state index in [9.17, 15) is 9.18 Å². The van der Waals surface area contributed by atoms with Crippen LogP contribution in [-0.4, -0.2) is 42.8 Å². The minimum atomic E-state index is -0.463. The highest BCUT2D eigenvalue weighted by atomic mass is 35.5. The van der Waals surface area contributed by atoms with Crippen LogP contribution in [0.4, 0.5) is 14.9 Å². The number of amides is 1. The van der Waals surface area contributed by atoms with Crippen molar-refractivity contribution < 1.29 is 13.9 Å². The standard InChI is InChI=1S/C18H24ClFN2O2/c1-17(2,3)24-16(23)22-11-18(12-22)6-8-21(9-7-18)15-5-4-13(19)10-14(15)20/h4-5,10H,6-9,11-12H2,1-3H3. The summed E-state index contributed by atoms with van der Waals surface area (Å²) < 4.78 is 19.5. The summed E-state index contributed by atoms with van der Waals surface area (Å²) in [6.45, 7) is 8.68. The number of benzene rings is 1. The Balaban J connectivity index is 1.54. The van der Waals surface area contributed by atoms with E-state index in [1.807, 2.05) is 20.8 Å². The van der Waals surface area contributed by atoms with Crippen molar-refractivity contribution in [3.63, 3.8) is 0 Å². The lowest BCUT2D eigenvalue weighted by Crippen LogP contribution is -2.62. The van der Waals surface area contributed by atoms with Gasteiger partial charge in [0.2, 0.25) is 0 Å². The van der Waals surface area contributed by atoms with Gasteiger partial charge in [0.1, 0.15) is 11.4 Å². The molecule has 0 N–H and O–H groups in total. The molecule has 1 aromatic carbocycles. The summed E-state index contributed by atoms with van der Waals surface area (Å²) in [6.07, 6.45) is 1.67. The molecule has 0 bridgehead atoms. The normalized spacial score (nSPS) is 20.0. The molecule has 2 aliphatic rings. The molecule has 0 radical (unpaired) electrons. The Kier molecular flexibility index (Phi) is 4.41. The highest BCUT2D eigenvalue weighted by molar-refractivity contribution is 6.30. The quantitative estimate of drug-likeness (QED) is 0.753. The van der Waals surface area contributed by atoms with E-state index in [2.05, 4.69) is 4.90 Å². The van der Waals surface area contributed by atoms with Crippen molar-refractivity contribution in [2.24, 2.45) is 5.41 Å². The Morgan fingerprint density at radius 1 is 1.25 bits per heavy atom. The second kappa shape index (κ2) is 6.10. The number of nitrogens with zero attached hydrogens (tertiary/aromatic N) is 2. The van der Waals surface area contributed by atoms with E-state index in [0.29, 0.717) is 10.7 Å². The average molecular weight is 355 g/mol. The number of halogens is 2. The number of ether oxygens (including phenoxy) is 1. The summed E-state index contributed by atoms with van der Waals surface area (Å²) in [6, 6.07) is 4.82. The Morgan fingerprint density at radius 3 is 2.42 bits per heavy atom. The molecule has 0 saturated carbocycles. The molecule has 4 nitrogen and oxygen atoms in total. The van der Waals surface area contributed by atoms with Crippen molar-refractivity contribution in [1.29, 1.82) is 0 Å². The van der Waals surface area contributed by atoms with Gasteiger partial charge in [0.25, 0.3) is 0 Å². The maximum Gasteiger partial charge on any atom is 0.410 e. The van der Waals surface area contributed by atoms with Crippen LogP contribution in [-0.2, 0) is 4.74 Å². The second-order valence-corrected chi connectivity index (χ2v) is 8.36. The first kappa shape index (κ1) is 17.3. The number of hydrogen-bond acceptors (Lipinski definition) is 3. The molecule has 0 atom stereocenters. The van der Waals surface area contributed by atoms with Gasteiger partial charge in [0, 0.05) is 36.6 Å². The van der Waals surface area contributed by atoms with Gasteiger partial charge in [-0.15, -0.1) is 0 Å². The fourth-order valence-corrected chi connectivity index (χ4v) is 3.65. The van der Waals surface area contributed by atoms with E-state index in [1.165, 1.54) is 6.07 Å². The minimum absolute atomic E-state index is 0.163. The fraction of sp³-hybridized carbons (Fsp3) is 0.611. The smallest absolute Gasteiger partial charge is 0.410 e. The van der Waals surface area contributed by atoms with Crippen molar-refractivity contribution in [2.45, 2.75) is 39.2 Å². The summed E-state index contributed by atoms with van der Waals surface area (Å²) in [5.74, 6) is -0.276. The Hall–Kier alpha value is -1.49. The van der Waals surface area contributed by atoms with Gasteiger partial charge < -0.3 is 14.5 Å². The molecular formula is C18H24ClFN2O2.